The molecule has 128 valence electrons. The van der Waals surface area contributed by atoms with Gasteiger partial charge in [0, 0.05) is 23.1 Å². The average molecular weight is 352 g/mol. The van der Waals surface area contributed by atoms with Crippen LogP contribution in [0.4, 0.5) is 5.69 Å². The Morgan fingerprint density at radius 3 is 2.44 bits per heavy atom. The Hall–Kier alpha value is -2.66. The minimum atomic E-state index is 0.00747. The van der Waals surface area contributed by atoms with Crippen molar-refractivity contribution >= 4 is 22.9 Å². The van der Waals surface area contributed by atoms with Gasteiger partial charge in [-0.15, -0.1) is 11.3 Å². The lowest BCUT2D eigenvalue weighted by Crippen LogP contribution is -2.12. The molecule has 0 bridgehead atoms. The Labute approximate surface area is 151 Å². The Morgan fingerprint density at radius 1 is 1.12 bits per heavy atom. The van der Waals surface area contributed by atoms with Crippen molar-refractivity contribution in [3.63, 3.8) is 0 Å². The molecular weight excluding hydrogens is 332 g/mol. The number of anilines is 1. The SMILES string of the molecule is COc1ccc(CCC(=O)Nc2ccc(-c3csc(C)n3)cc2)cc1. The molecule has 1 heterocycles. The molecule has 3 aromatic rings. The molecule has 0 spiro atoms. The van der Waals surface area contributed by atoms with E-state index in [2.05, 4.69) is 10.3 Å². The number of rotatable bonds is 6. The van der Waals surface area contributed by atoms with Gasteiger partial charge in [0.2, 0.25) is 5.91 Å². The van der Waals surface area contributed by atoms with E-state index in [9.17, 15) is 4.79 Å². The summed E-state index contributed by atoms with van der Waals surface area (Å²) in [6, 6.07) is 15.6. The van der Waals surface area contributed by atoms with Crippen molar-refractivity contribution in [2.24, 2.45) is 0 Å². The summed E-state index contributed by atoms with van der Waals surface area (Å²) in [6.45, 7) is 1.99. The molecule has 5 heteroatoms. The van der Waals surface area contributed by atoms with Gasteiger partial charge in [-0.25, -0.2) is 4.98 Å². The summed E-state index contributed by atoms with van der Waals surface area (Å²) < 4.78 is 5.13. The number of nitrogens with zero attached hydrogens (tertiary/aromatic N) is 1. The summed E-state index contributed by atoms with van der Waals surface area (Å²) in [6.07, 6.45) is 1.14. The van der Waals surface area contributed by atoms with Gasteiger partial charge in [-0.1, -0.05) is 24.3 Å². The molecule has 1 aromatic heterocycles. The number of hydrogen-bond donors (Lipinski definition) is 1. The lowest BCUT2D eigenvalue weighted by Gasteiger charge is -2.07. The van der Waals surface area contributed by atoms with Crippen LogP contribution in [0.1, 0.15) is 17.0 Å². The summed E-state index contributed by atoms with van der Waals surface area (Å²) in [5.74, 6) is 0.830. The largest absolute Gasteiger partial charge is 0.497 e. The summed E-state index contributed by atoms with van der Waals surface area (Å²) in [5.41, 5.74) is 3.95. The Kier molecular flexibility index (Phi) is 5.46. The highest BCUT2D eigenvalue weighted by molar-refractivity contribution is 7.09. The zero-order chi connectivity index (χ0) is 17.6. The first-order valence-corrected chi connectivity index (χ1v) is 8.97. The molecule has 0 saturated heterocycles. The van der Waals surface area contributed by atoms with Crippen molar-refractivity contribution in [3.8, 4) is 17.0 Å². The second-order valence-corrected chi connectivity index (χ2v) is 6.79. The number of benzene rings is 2. The molecule has 0 aliphatic carbocycles. The number of carbonyl (C=O) groups excluding carboxylic acids is 1. The van der Waals surface area contributed by atoms with Crippen molar-refractivity contribution in [3.05, 3.63) is 64.5 Å². The van der Waals surface area contributed by atoms with Crippen molar-refractivity contribution in [2.45, 2.75) is 19.8 Å². The number of carbonyl (C=O) groups is 1. The van der Waals surface area contributed by atoms with Gasteiger partial charge in [0.05, 0.1) is 17.8 Å². The van der Waals surface area contributed by atoms with Crippen LogP contribution in [-0.2, 0) is 11.2 Å². The molecule has 0 fully saturated rings. The van der Waals surface area contributed by atoms with Crippen LogP contribution in [0.2, 0.25) is 0 Å². The standard InChI is InChI=1S/C20H20N2O2S/c1-14-21-19(13-25-14)16-6-8-17(9-7-16)22-20(23)12-5-15-3-10-18(24-2)11-4-15/h3-4,6-11,13H,5,12H2,1-2H3,(H,22,23). The minimum Gasteiger partial charge on any atom is -0.497 e. The number of methoxy groups -OCH3 is 1. The zero-order valence-corrected chi connectivity index (χ0v) is 15.1. The normalized spacial score (nSPS) is 10.5. The van der Waals surface area contributed by atoms with Gasteiger partial charge in [0.25, 0.3) is 0 Å². The third kappa shape index (κ3) is 4.67. The monoisotopic (exact) mass is 352 g/mol. The van der Waals surface area contributed by atoms with Crippen LogP contribution in [0.3, 0.4) is 0 Å². The maximum atomic E-state index is 12.1. The fraction of sp³-hybridized carbons (Fsp3) is 0.200. The van der Waals surface area contributed by atoms with E-state index < -0.39 is 0 Å². The molecule has 3 rings (SSSR count). The minimum absolute atomic E-state index is 0.00747. The Balaban J connectivity index is 1.53. The van der Waals surface area contributed by atoms with Crippen molar-refractivity contribution < 1.29 is 9.53 Å². The van der Waals surface area contributed by atoms with Gasteiger partial charge in [-0.3, -0.25) is 4.79 Å². The van der Waals surface area contributed by atoms with Gasteiger partial charge in [-0.05, 0) is 43.2 Å². The van der Waals surface area contributed by atoms with Crippen LogP contribution in [0.15, 0.2) is 53.9 Å². The summed E-state index contributed by atoms with van der Waals surface area (Å²) in [7, 11) is 1.64. The third-order valence-electron chi connectivity index (χ3n) is 3.88. The molecule has 0 aliphatic rings. The summed E-state index contributed by atoms with van der Waals surface area (Å²) >= 11 is 1.63. The second-order valence-electron chi connectivity index (χ2n) is 5.73. The fourth-order valence-electron chi connectivity index (χ4n) is 2.49. The molecule has 2 aromatic carbocycles. The number of aromatic nitrogens is 1. The molecule has 0 atom stereocenters. The van der Waals surface area contributed by atoms with E-state index >= 15 is 0 Å². The highest BCUT2D eigenvalue weighted by Crippen LogP contribution is 2.23. The Bertz CT molecular complexity index is 839. The smallest absolute Gasteiger partial charge is 0.224 e. The van der Waals surface area contributed by atoms with Crippen LogP contribution in [-0.4, -0.2) is 18.0 Å². The van der Waals surface area contributed by atoms with Gasteiger partial charge in [-0.2, -0.15) is 0 Å². The number of thiazole rings is 1. The lowest BCUT2D eigenvalue weighted by atomic mass is 10.1. The van der Waals surface area contributed by atoms with Gasteiger partial charge in [0.15, 0.2) is 0 Å². The molecular formula is C20H20N2O2S. The van der Waals surface area contributed by atoms with Gasteiger partial charge >= 0.3 is 0 Å². The maximum absolute atomic E-state index is 12.1. The first kappa shape index (κ1) is 17.2. The van der Waals surface area contributed by atoms with Crippen molar-refractivity contribution in [1.82, 2.24) is 4.98 Å². The number of amides is 1. The molecule has 1 amide bonds. The van der Waals surface area contributed by atoms with Crippen molar-refractivity contribution in [1.29, 1.82) is 0 Å². The van der Waals surface area contributed by atoms with Gasteiger partial charge in [0.1, 0.15) is 5.75 Å². The van der Waals surface area contributed by atoms with E-state index in [1.807, 2.05) is 60.8 Å². The zero-order valence-electron chi connectivity index (χ0n) is 14.3. The van der Waals surface area contributed by atoms with Crippen molar-refractivity contribution in [2.75, 3.05) is 12.4 Å². The highest BCUT2D eigenvalue weighted by Gasteiger charge is 2.05. The topological polar surface area (TPSA) is 51.2 Å². The second kappa shape index (κ2) is 7.94. The molecule has 0 unspecified atom stereocenters. The van der Waals surface area contributed by atoms with Crippen LogP contribution in [0.5, 0.6) is 5.75 Å². The van der Waals surface area contributed by atoms with Gasteiger partial charge < -0.3 is 10.1 Å². The first-order valence-electron chi connectivity index (χ1n) is 8.09. The number of aryl methyl sites for hydroxylation is 2. The molecule has 1 N–H and O–H groups in total. The predicted octanol–water partition coefficient (Wildman–Crippen LogP) is 4.70. The maximum Gasteiger partial charge on any atom is 0.224 e. The van der Waals surface area contributed by atoms with E-state index in [1.54, 1.807) is 18.4 Å². The van der Waals surface area contributed by atoms with Crippen LogP contribution in [0, 0.1) is 6.92 Å². The summed E-state index contributed by atoms with van der Waals surface area (Å²) in [4.78, 5) is 16.6. The first-order chi connectivity index (χ1) is 12.1. The number of hydrogen-bond acceptors (Lipinski definition) is 4. The third-order valence-corrected chi connectivity index (χ3v) is 4.66. The molecule has 0 saturated carbocycles. The van der Waals surface area contributed by atoms with E-state index in [0.717, 1.165) is 33.3 Å². The van der Waals surface area contributed by atoms with Crippen LogP contribution < -0.4 is 10.1 Å². The van der Waals surface area contributed by atoms with E-state index in [1.165, 1.54) is 0 Å². The molecule has 25 heavy (non-hydrogen) atoms. The molecule has 0 radical (unpaired) electrons. The Morgan fingerprint density at radius 2 is 1.84 bits per heavy atom. The summed E-state index contributed by atoms with van der Waals surface area (Å²) in [5, 5.41) is 6.02. The van der Waals surface area contributed by atoms with Crippen LogP contribution >= 0.6 is 11.3 Å². The van der Waals surface area contributed by atoms with E-state index in [-0.39, 0.29) is 5.91 Å². The lowest BCUT2D eigenvalue weighted by molar-refractivity contribution is -0.116. The predicted molar refractivity (Wildman–Crippen MR) is 102 cm³/mol. The highest BCUT2D eigenvalue weighted by atomic mass is 32.1. The average Bonchev–Trinajstić information content (AvgIpc) is 3.07. The van der Waals surface area contributed by atoms with E-state index in [0.29, 0.717) is 12.8 Å². The quantitative estimate of drug-likeness (QED) is 0.700. The molecule has 4 nitrogen and oxygen atoms in total. The van der Waals surface area contributed by atoms with Crippen LogP contribution in [0.25, 0.3) is 11.3 Å². The number of ether oxygens (including phenoxy) is 1. The fourth-order valence-corrected chi connectivity index (χ4v) is 3.12. The molecule has 0 aliphatic heterocycles. The number of nitrogens with one attached hydrogen (secondary N) is 1. The van der Waals surface area contributed by atoms with E-state index in [4.69, 9.17) is 4.74 Å².